The molecule has 2 aromatic rings. The van der Waals surface area contributed by atoms with Crippen molar-refractivity contribution in [2.75, 3.05) is 0 Å². The van der Waals surface area contributed by atoms with E-state index < -0.39 is 4.92 Å². The molecule has 0 aliphatic carbocycles. The van der Waals surface area contributed by atoms with Crippen molar-refractivity contribution >= 4 is 5.69 Å². The molecular weight excluding hydrogens is 248 g/mol. The van der Waals surface area contributed by atoms with E-state index in [2.05, 4.69) is 5.10 Å². The van der Waals surface area contributed by atoms with E-state index in [1.807, 2.05) is 6.92 Å². The number of aryl methyl sites for hydroxylation is 1. The van der Waals surface area contributed by atoms with Gasteiger partial charge >= 0.3 is 5.69 Å². The molecule has 1 heterocycles. The first kappa shape index (κ1) is 13.0. The highest BCUT2D eigenvalue weighted by Crippen LogP contribution is 2.13. The molecule has 0 fully saturated rings. The first-order valence-corrected chi connectivity index (χ1v) is 5.96. The van der Waals surface area contributed by atoms with Gasteiger partial charge in [0.15, 0.2) is 0 Å². The van der Waals surface area contributed by atoms with Crippen LogP contribution in [0.25, 0.3) is 5.69 Å². The zero-order chi connectivity index (χ0) is 14.0. The minimum atomic E-state index is -0.479. The number of hydrogen-bond acceptors (Lipinski definition) is 4. The van der Waals surface area contributed by atoms with Gasteiger partial charge in [0.2, 0.25) is 0 Å². The SMILES string of the molecule is CCCn1c(C)nn(-c2ccc([N+](=O)[O-])cc2)c1=O. The first-order chi connectivity index (χ1) is 9.04. The Hall–Kier alpha value is -2.44. The maximum Gasteiger partial charge on any atom is 0.350 e. The van der Waals surface area contributed by atoms with Crippen LogP contribution in [0.5, 0.6) is 0 Å². The van der Waals surface area contributed by atoms with Crippen molar-refractivity contribution in [3.05, 3.63) is 50.7 Å². The van der Waals surface area contributed by atoms with Crippen LogP contribution in [-0.2, 0) is 6.54 Å². The lowest BCUT2D eigenvalue weighted by Gasteiger charge is -1.99. The van der Waals surface area contributed by atoms with Crippen molar-refractivity contribution in [1.82, 2.24) is 14.3 Å². The van der Waals surface area contributed by atoms with Crippen LogP contribution in [0.2, 0.25) is 0 Å². The highest BCUT2D eigenvalue weighted by atomic mass is 16.6. The molecule has 0 atom stereocenters. The van der Waals surface area contributed by atoms with Gasteiger partial charge in [-0.15, -0.1) is 0 Å². The van der Waals surface area contributed by atoms with E-state index >= 15 is 0 Å². The molecule has 0 saturated heterocycles. The standard InChI is InChI=1S/C12H14N4O3/c1-3-8-14-9(2)13-15(12(14)17)10-4-6-11(7-5-10)16(18)19/h4-7H,3,8H2,1-2H3. The lowest BCUT2D eigenvalue weighted by atomic mass is 10.3. The third kappa shape index (κ3) is 2.40. The Morgan fingerprint density at radius 2 is 1.95 bits per heavy atom. The minimum absolute atomic E-state index is 0.0125. The average Bonchev–Trinajstić information content (AvgIpc) is 2.67. The summed E-state index contributed by atoms with van der Waals surface area (Å²) >= 11 is 0. The number of nitro groups is 1. The maximum atomic E-state index is 12.1. The normalized spacial score (nSPS) is 10.6. The van der Waals surface area contributed by atoms with E-state index in [4.69, 9.17) is 0 Å². The molecule has 0 saturated carbocycles. The molecule has 100 valence electrons. The predicted molar refractivity (Wildman–Crippen MR) is 69.5 cm³/mol. The van der Waals surface area contributed by atoms with E-state index in [1.54, 1.807) is 11.5 Å². The Morgan fingerprint density at radius 3 is 2.47 bits per heavy atom. The van der Waals surface area contributed by atoms with Gasteiger partial charge in [-0.25, -0.2) is 4.79 Å². The fraction of sp³-hybridized carbons (Fsp3) is 0.333. The molecule has 7 heteroatoms. The molecule has 19 heavy (non-hydrogen) atoms. The van der Waals surface area contributed by atoms with Crippen molar-refractivity contribution in [3.63, 3.8) is 0 Å². The van der Waals surface area contributed by atoms with Crippen LogP contribution in [0, 0.1) is 17.0 Å². The molecule has 0 bridgehead atoms. The monoisotopic (exact) mass is 262 g/mol. The second kappa shape index (κ2) is 5.05. The van der Waals surface area contributed by atoms with Crippen LogP contribution in [0.15, 0.2) is 29.1 Å². The van der Waals surface area contributed by atoms with Crippen molar-refractivity contribution in [3.8, 4) is 5.69 Å². The number of benzene rings is 1. The lowest BCUT2D eigenvalue weighted by molar-refractivity contribution is -0.384. The highest BCUT2D eigenvalue weighted by Gasteiger charge is 2.12. The summed E-state index contributed by atoms with van der Waals surface area (Å²) in [6, 6.07) is 5.75. The van der Waals surface area contributed by atoms with Crippen LogP contribution in [0.4, 0.5) is 5.69 Å². The quantitative estimate of drug-likeness (QED) is 0.619. The van der Waals surface area contributed by atoms with Crippen LogP contribution < -0.4 is 5.69 Å². The zero-order valence-corrected chi connectivity index (χ0v) is 10.7. The van der Waals surface area contributed by atoms with Crippen molar-refractivity contribution < 1.29 is 4.92 Å². The zero-order valence-electron chi connectivity index (χ0n) is 10.7. The largest absolute Gasteiger partial charge is 0.350 e. The van der Waals surface area contributed by atoms with Crippen LogP contribution in [-0.4, -0.2) is 19.3 Å². The summed E-state index contributed by atoms with van der Waals surface area (Å²) in [7, 11) is 0. The van der Waals surface area contributed by atoms with E-state index in [0.29, 0.717) is 18.1 Å². The first-order valence-electron chi connectivity index (χ1n) is 5.96. The number of aromatic nitrogens is 3. The third-order valence-electron chi connectivity index (χ3n) is 2.80. The molecule has 7 nitrogen and oxygen atoms in total. The molecule has 2 rings (SSSR count). The highest BCUT2D eigenvalue weighted by molar-refractivity contribution is 5.40. The van der Waals surface area contributed by atoms with Crippen molar-refractivity contribution in [2.45, 2.75) is 26.8 Å². The van der Waals surface area contributed by atoms with Gasteiger partial charge in [0, 0.05) is 18.7 Å². The molecule has 0 unspecified atom stereocenters. The third-order valence-corrected chi connectivity index (χ3v) is 2.80. The van der Waals surface area contributed by atoms with E-state index in [1.165, 1.54) is 28.9 Å². The van der Waals surface area contributed by atoms with E-state index in [0.717, 1.165) is 6.42 Å². The molecule has 1 aromatic carbocycles. The second-order valence-electron chi connectivity index (χ2n) is 4.17. The molecule has 0 aliphatic heterocycles. The van der Waals surface area contributed by atoms with E-state index in [-0.39, 0.29) is 11.4 Å². The molecule has 0 radical (unpaired) electrons. The van der Waals surface area contributed by atoms with Crippen LogP contribution >= 0.6 is 0 Å². The topological polar surface area (TPSA) is 83.0 Å². The minimum Gasteiger partial charge on any atom is -0.279 e. The van der Waals surface area contributed by atoms with Gasteiger partial charge < -0.3 is 0 Å². The lowest BCUT2D eigenvalue weighted by Crippen LogP contribution is -2.24. The Labute approximate surface area is 109 Å². The molecular formula is C12H14N4O3. The van der Waals surface area contributed by atoms with Crippen molar-refractivity contribution in [1.29, 1.82) is 0 Å². The van der Waals surface area contributed by atoms with Crippen LogP contribution in [0.3, 0.4) is 0 Å². The smallest absolute Gasteiger partial charge is 0.279 e. The Bertz CT molecular complexity index is 655. The van der Waals surface area contributed by atoms with E-state index in [9.17, 15) is 14.9 Å². The fourth-order valence-corrected chi connectivity index (χ4v) is 1.86. The second-order valence-corrected chi connectivity index (χ2v) is 4.17. The number of nitrogens with zero attached hydrogens (tertiary/aromatic N) is 4. The van der Waals surface area contributed by atoms with Crippen molar-refractivity contribution in [2.24, 2.45) is 0 Å². The summed E-state index contributed by atoms with van der Waals surface area (Å²) in [6.07, 6.45) is 0.840. The van der Waals surface area contributed by atoms with Gasteiger partial charge in [-0.05, 0) is 25.5 Å². The number of non-ortho nitro benzene ring substituents is 1. The number of nitro benzene ring substituents is 1. The van der Waals surface area contributed by atoms with Gasteiger partial charge in [-0.2, -0.15) is 9.78 Å². The van der Waals surface area contributed by atoms with Gasteiger partial charge in [0.1, 0.15) is 5.82 Å². The Morgan fingerprint density at radius 1 is 1.32 bits per heavy atom. The summed E-state index contributed by atoms with van der Waals surface area (Å²) < 4.78 is 2.84. The fourth-order valence-electron chi connectivity index (χ4n) is 1.86. The molecule has 0 amide bonds. The van der Waals surface area contributed by atoms with Gasteiger partial charge in [0.05, 0.1) is 10.6 Å². The summed E-state index contributed by atoms with van der Waals surface area (Å²) in [5, 5.41) is 14.7. The summed E-state index contributed by atoms with van der Waals surface area (Å²) in [5.74, 6) is 0.630. The Balaban J connectivity index is 2.45. The predicted octanol–water partition coefficient (Wildman–Crippen LogP) is 1.66. The maximum absolute atomic E-state index is 12.1. The molecule has 0 N–H and O–H groups in total. The number of hydrogen-bond donors (Lipinski definition) is 0. The van der Waals surface area contributed by atoms with Gasteiger partial charge in [-0.3, -0.25) is 14.7 Å². The van der Waals surface area contributed by atoms with Crippen LogP contribution in [0.1, 0.15) is 19.2 Å². The molecule has 0 aliphatic rings. The summed E-state index contributed by atoms with van der Waals surface area (Å²) in [5.41, 5.74) is 0.281. The number of rotatable bonds is 4. The van der Waals surface area contributed by atoms with Gasteiger partial charge in [0.25, 0.3) is 5.69 Å². The summed E-state index contributed by atoms with van der Waals surface area (Å²) in [4.78, 5) is 22.2. The molecule has 1 aromatic heterocycles. The summed E-state index contributed by atoms with van der Waals surface area (Å²) in [6.45, 7) is 4.35. The Kier molecular flexibility index (Phi) is 3.46. The molecule has 0 spiro atoms. The van der Waals surface area contributed by atoms with Gasteiger partial charge in [-0.1, -0.05) is 6.92 Å². The average molecular weight is 262 g/mol.